The molecule has 0 saturated carbocycles. The number of hydrogen-bond acceptors (Lipinski definition) is 5. The van der Waals surface area contributed by atoms with Crippen LogP contribution >= 0.6 is 0 Å². The van der Waals surface area contributed by atoms with Crippen LogP contribution in [-0.2, 0) is 0 Å². The first-order valence-electron chi connectivity index (χ1n) is 6.19. The number of likely N-dealkylation sites (N-methyl/N-ethyl adjacent to an activating group) is 1. The minimum atomic E-state index is 0.613. The highest BCUT2D eigenvalue weighted by atomic mass is 15.3. The van der Waals surface area contributed by atoms with E-state index in [4.69, 9.17) is 6.42 Å². The third-order valence-corrected chi connectivity index (χ3v) is 3.17. The first kappa shape index (κ1) is 12.7. The molecule has 0 unspecified atom stereocenters. The van der Waals surface area contributed by atoms with Crippen LogP contribution in [-0.4, -0.2) is 55.1 Å². The van der Waals surface area contributed by atoms with Gasteiger partial charge in [0.25, 0.3) is 0 Å². The maximum atomic E-state index is 5.53. The summed E-state index contributed by atoms with van der Waals surface area (Å²) in [6.07, 6.45) is 8.36. The molecule has 0 aliphatic carbocycles. The second-order valence-corrected chi connectivity index (χ2v) is 4.47. The van der Waals surface area contributed by atoms with Crippen molar-refractivity contribution in [2.24, 2.45) is 0 Å². The van der Waals surface area contributed by atoms with Gasteiger partial charge >= 0.3 is 0 Å². The first-order chi connectivity index (χ1) is 8.74. The van der Waals surface area contributed by atoms with Gasteiger partial charge in [-0.3, -0.25) is 0 Å². The van der Waals surface area contributed by atoms with Crippen LogP contribution in [0.4, 0.5) is 11.8 Å². The van der Waals surface area contributed by atoms with Gasteiger partial charge in [0, 0.05) is 26.7 Å². The maximum absolute atomic E-state index is 5.53. The second-order valence-electron chi connectivity index (χ2n) is 4.47. The van der Waals surface area contributed by atoms with Crippen molar-refractivity contribution >= 4 is 11.8 Å². The van der Waals surface area contributed by atoms with Gasteiger partial charge in [0.1, 0.15) is 5.82 Å². The van der Waals surface area contributed by atoms with Crippen LogP contribution < -0.4 is 10.2 Å². The van der Waals surface area contributed by atoms with Crippen molar-refractivity contribution in [3.8, 4) is 12.3 Å². The Kier molecular flexibility index (Phi) is 4.00. The lowest BCUT2D eigenvalue weighted by atomic mass is 10.3. The second kappa shape index (κ2) is 5.69. The van der Waals surface area contributed by atoms with Crippen LogP contribution in [0.15, 0.2) is 6.20 Å². The fourth-order valence-electron chi connectivity index (χ4n) is 2.09. The van der Waals surface area contributed by atoms with Crippen molar-refractivity contribution in [2.45, 2.75) is 6.42 Å². The van der Waals surface area contributed by atoms with Crippen LogP contribution in [0.1, 0.15) is 12.0 Å². The van der Waals surface area contributed by atoms with Gasteiger partial charge in [0.05, 0.1) is 11.8 Å². The smallest absolute Gasteiger partial charge is 0.224 e. The van der Waals surface area contributed by atoms with Crippen LogP contribution in [0, 0.1) is 12.3 Å². The molecule has 0 atom stereocenters. The number of nitrogens with one attached hydrogen (secondary N) is 1. The van der Waals surface area contributed by atoms with E-state index in [-0.39, 0.29) is 0 Å². The Hall–Kier alpha value is -1.80. The molecule has 0 radical (unpaired) electrons. The van der Waals surface area contributed by atoms with Gasteiger partial charge in [-0.05, 0) is 20.0 Å². The standard InChI is InChI=1S/C13H19N5/c1-4-11-10-15-13(14-2)16-12(11)18-7-5-6-17(3)8-9-18/h1,10H,5-9H2,2-3H3,(H,14,15,16). The number of rotatable bonds is 2. The van der Waals surface area contributed by atoms with E-state index in [1.807, 2.05) is 7.05 Å². The molecule has 1 fully saturated rings. The van der Waals surface area contributed by atoms with E-state index in [0.29, 0.717) is 5.95 Å². The Bertz CT molecular complexity index is 451. The monoisotopic (exact) mass is 245 g/mol. The predicted molar refractivity (Wildman–Crippen MR) is 73.8 cm³/mol. The van der Waals surface area contributed by atoms with Crippen molar-refractivity contribution in [1.29, 1.82) is 0 Å². The molecule has 5 heteroatoms. The highest BCUT2D eigenvalue weighted by Crippen LogP contribution is 2.19. The van der Waals surface area contributed by atoms with Gasteiger partial charge in [-0.2, -0.15) is 4.98 Å². The molecule has 5 nitrogen and oxygen atoms in total. The molecule has 1 aromatic rings. The van der Waals surface area contributed by atoms with Gasteiger partial charge in [0.15, 0.2) is 0 Å². The Morgan fingerprint density at radius 3 is 2.89 bits per heavy atom. The topological polar surface area (TPSA) is 44.3 Å². The molecule has 2 heterocycles. The summed E-state index contributed by atoms with van der Waals surface area (Å²) in [7, 11) is 3.95. The molecular weight excluding hydrogens is 226 g/mol. The van der Waals surface area contributed by atoms with E-state index in [0.717, 1.165) is 44.0 Å². The maximum Gasteiger partial charge on any atom is 0.224 e. The zero-order valence-electron chi connectivity index (χ0n) is 11.0. The molecule has 1 aliphatic heterocycles. The minimum Gasteiger partial charge on any atom is -0.357 e. The lowest BCUT2D eigenvalue weighted by molar-refractivity contribution is 0.360. The third-order valence-electron chi connectivity index (χ3n) is 3.17. The molecule has 2 rings (SSSR count). The molecule has 0 spiro atoms. The molecule has 0 aromatic carbocycles. The number of aromatic nitrogens is 2. The molecule has 0 amide bonds. The number of anilines is 2. The normalized spacial score (nSPS) is 17.1. The van der Waals surface area contributed by atoms with Crippen molar-refractivity contribution in [1.82, 2.24) is 14.9 Å². The number of terminal acetylenes is 1. The quantitative estimate of drug-likeness (QED) is 0.775. The third kappa shape index (κ3) is 2.71. The summed E-state index contributed by atoms with van der Waals surface area (Å²) in [4.78, 5) is 13.2. The minimum absolute atomic E-state index is 0.613. The van der Waals surface area contributed by atoms with Crippen LogP contribution in [0.25, 0.3) is 0 Å². The van der Waals surface area contributed by atoms with Gasteiger partial charge < -0.3 is 15.1 Å². The van der Waals surface area contributed by atoms with Crippen molar-refractivity contribution < 1.29 is 0 Å². The molecule has 0 bridgehead atoms. The summed E-state index contributed by atoms with van der Waals surface area (Å²) in [6.45, 7) is 4.08. The summed E-state index contributed by atoms with van der Waals surface area (Å²) in [5, 5.41) is 2.95. The van der Waals surface area contributed by atoms with Gasteiger partial charge in [0.2, 0.25) is 5.95 Å². The zero-order chi connectivity index (χ0) is 13.0. The predicted octanol–water partition coefficient (Wildman–Crippen LogP) is 0.641. The highest BCUT2D eigenvalue weighted by molar-refractivity contribution is 5.56. The molecule has 1 aromatic heterocycles. The van der Waals surface area contributed by atoms with Crippen molar-refractivity contribution in [2.75, 3.05) is 50.5 Å². The van der Waals surface area contributed by atoms with E-state index in [9.17, 15) is 0 Å². The van der Waals surface area contributed by atoms with Crippen LogP contribution in [0.5, 0.6) is 0 Å². The fraction of sp³-hybridized carbons (Fsp3) is 0.538. The summed E-state index contributed by atoms with van der Waals surface area (Å²) < 4.78 is 0. The first-order valence-corrected chi connectivity index (χ1v) is 6.19. The lowest BCUT2D eigenvalue weighted by Gasteiger charge is -2.23. The molecule has 96 valence electrons. The average molecular weight is 245 g/mol. The van der Waals surface area contributed by atoms with E-state index in [1.54, 1.807) is 6.20 Å². The molecule has 1 aliphatic rings. The Morgan fingerprint density at radius 2 is 2.17 bits per heavy atom. The summed E-state index contributed by atoms with van der Waals surface area (Å²) in [5.41, 5.74) is 0.763. The van der Waals surface area contributed by atoms with Crippen molar-refractivity contribution in [3.05, 3.63) is 11.8 Å². The molecule has 18 heavy (non-hydrogen) atoms. The fourth-order valence-corrected chi connectivity index (χ4v) is 2.09. The summed E-state index contributed by atoms with van der Waals surface area (Å²) >= 11 is 0. The van der Waals surface area contributed by atoms with Crippen LogP contribution in [0.3, 0.4) is 0 Å². The van der Waals surface area contributed by atoms with E-state index in [2.05, 4.69) is 38.1 Å². The Balaban J connectivity index is 2.27. The molecule has 1 saturated heterocycles. The Labute approximate surface area is 108 Å². The molecular formula is C13H19N5. The largest absolute Gasteiger partial charge is 0.357 e. The lowest BCUT2D eigenvalue weighted by Crippen LogP contribution is -2.30. The van der Waals surface area contributed by atoms with Crippen molar-refractivity contribution in [3.63, 3.8) is 0 Å². The number of nitrogens with zero attached hydrogens (tertiary/aromatic N) is 4. The SMILES string of the molecule is C#Cc1cnc(NC)nc1N1CCCN(C)CC1. The van der Waals surface area contributed by atoms with E-state index >= 15 is 0 Å². The summed E-state index contributed by atoms with van der Waals surface area (Å²) in [6, 6.07) is 0. The number of hydrogen-bond donors (Lipinski definition) is 1. The van der Waals surface area contributed by atoms with Gasteiger partial charge in [-0.25, -0.2) is 4.98 Å². The average Bonchev–Trinajstić information content (AvgIpc) is 2.62. The van der Waals surface area contributed by atoms with Gasteiger partial charge in [-0.15, -0.1) is 6.42 Å². The molecule has 1 N–H and O–H groups in total. The van der Waals surface area contributed by atoms with E-state index in [1.165, 1.54) is 0 Å². The van der Waals surface area contributed by atoms with E-state index < -0.39 is 0 Å². The Morgan fingerprint density at radius 1 is 1.33 bits per heavy atom. The van der Waals surface area contributed by atoms with Gasteiger partial charge in [-0.1, -0.05) is 5.92 Å². The summed E-state index contributed by atoms with van der Waals surface area (Å²) in [5.74, 6) is 4.15. The zero-order valence-corrected chi connectivity index (χ0v) is 11.0. The van der Waals surface area contributed by atoms with Crippen LogP contribution in [0.2, 0.25) is 0 Å². The highest BCUT2D eigenvalue weighted by Gasteiger charge is 2.17.